The normalized spacial score (nSPS) is 23.0. The van der Waals surface area contributed by atoms with Gasteiger partial charge in [-0.25, -0.2) is 0 Å². The van der Waals surface area contributed by atoms with E-state index in [0.717, 1.165) is 43.7 Å². The molecule has 2 aliphatic rings. The van der Waals surface area contributed by atoms with Crippen LogP contribution in [-0.4, -0.2) is 34.2 Å². The van der Waals surface area contributed by atoms with E-state index >= 15 is 0 Å². The Hall–Kier alpha value is -1.66. The first-order chi connectivity index (χ1) is 10.9. The van der Waals surface area contributed by atoms with Crippen molar-refractivity contribution in [3.05, 3.63) is 35.9 Å². The molecule has 1 saturated carbocycles. The van der Waals surface area contributed by atoms with Crippen LogP contribution in [0.25, 0.3) is 0 Å². The topological polar surface area (TPSA) is 67.3 Å². The molecule has 0 bridgehead atoms. The number of furan rings is 1. The molecule has 1 saturated heterocycles. The van der Waals surface area contributed by atoms with Crippen molar-refractivity contribution < 1.29 is 8.94 Å². The zero-order valence-electron chi connectivity index (χ0n) is 12.7. The number of nitrogens with one attached hydrogen (secondary N) is 1. The van der Waals surface area contributed by atoms with Crippen LogP contribution >= 0.6 is 0 Å². The average Bonchev–Trinajstić information content (AvgIpc) is 3.06. The zero-order chi connectivity index (χ0) is 14.8. The van der Waals surface area contributed by atoms with E-state index < -0.39 is 0 Å². The Labute approximate surface area is 129 Å². The summed E-state index contributed by atoms with van der Waals surface area (Å²) in [6.07, 6.45) is 6.52. The maximum atomic E-state index is 5.37. The molecule has 2 aromatic heterocycles. The van der Waals surface area contributed by atoms with E-state index in [2.05, 4.69) is 20.4 Å². The van der Waals surface area contributed by atoms with Gasteiger partial charge in [-0.15, -0.1) is 0 Å². The highest BCUT2D eigenvalue weighted by molar-refractivity contribution is 5.02. The lowest BCUT2D eigenvalue weighted by Crippen LogP contribution is -2.45. The SMILES string of the molecule is c1coc(CN[C@@H]2CCCN(Cc3noc(C4CC4)n3)C2)c1. The van der Waals surface area contributed by atoms with E-state index in [-0.39, 0.29) is 0 Å². The quantitative estimate of drug-likeness (QED) is 0.883. The van der Waals surface area contributed by atoms with Crippen molar-refractivity contribution in [1.82, 2.24) is 20.4 Å². The summed E-state index contributed by atoms with van der Waals surface area (Å²) in [7, 11) is 0. The molecule has 2 aromatic rings. The zero-order valence-corrected chi connectivity index (χ0v) is 12.7. The summed E-state index contributed by atoms with van der Waals surface area (Å²) in [5.74, 6) is 3.18. The lowest BCUT2D eigenvalue weighted by molar-refractivity contribution is 0.175. The molecule has 118 valence electrons. The number of rotatable bonds is 6. The van der Waals surface area contributed by atoms with Crippen molar-refractivity contribution >= 4 is 0 Å². The average molecular weight is 302 g/mol. The number of hydrogen-bond donors (Lipinski definition) is 1. The van der Waals surface area contributed by atoms with E-state index in [1.807, 2.05) is 12.1 Å². The molecular formula is C16H22N4O2. The van der Waals surface area contributed by atoms with Gasteiger partial charge in [0.1, 0.15) is 5.76 Å². The molecule has 1 aliphatic carbocycles. The number of nitrogens with zero attached hydrogens (tertiary/aromatic N) is 3. The molecule has 2 fully saturated rings. The summed E-state index contributed by atoms with van der Waals surface area (Å²) in [5, 5.41) is 7.69. The molecule has 6 heteroatoms. The Morgan fingerprint density at radius 2 is 2.27 bits per heavy atom. The van der Waals surface area contributed by atoms with Crippen LogP contribution in [0.3, 0.4) is 0 Å². The van der Waals surface area contributed by atoms with E-state index in [1.54, 1.807) is 6.26 Å². The molecule has 0 radical (unpaired) electrons. The highest BCUT2D eigenvalue weighted by Gasteiger charge is 2.30. The fraction of sp³-hybridized carbons (Fsp3) is 0.625. The van der Waals surface area contributed by atoms with Gasteiger partial charge in [0.05, 0.1) is 19.4 Å². The first-order valence-electron chi connectivity index (χ1n) is 8.17. The van der Waals surface area contributed by atoms with Crippen LogP contribution in [0.4, 0.5) is 0 Å². The Kier molecular flexibility index (Phi) is 3.95. The second-order valence-corrected chi connectivity index (χ2v) is 6.36. The monoisotopic (exact) mass is 302 g/mol. The lowest BCUT2D eigenvalue weighted by atomic mass is 10.1. The van der Waals surface area contributed by atoms with Gasteiger partial charge in [-0.2, -0.15) is 4.98 Å². The van der Waals surface area contributed by atoms with E-state index in [0.29, 0.717) is 12.0 Å². The maximum absolute atomic E-state index is 5.37. The molecule has 1 N–H and O–H groups in total. The van der Waals surface area contributed by atoms with Crippen LogP contribution in [0.2, 0.25) is 0 Å². The highest BCUT2D eigenvalue weighted by atomic mass is 16.5. The molecule has 1 atom stereocenters. The van der Waals surface area contributed by atoms with E-state index in [1.165, 1.54) is 25.7 Å². The number of hydrogen-bond acceptors (Lipinski definition) is 6. The molecule has 4 rings (SSSR count). The van der Waals surface area contributed by atoms with Crippen LogP contribution < -0.4 is 5.32 Å². The number of likely N-dealkylation sites (tertiary alicyclic amines) is 1. The van der Waals surface area contributed by atoms with Gasteiger partial charge < -0.3 is 14.3 Å². The molecule has 0 unspecified atom stereocenters. The Morgan fingerprint density at radius 1 is 1.32 bits per heavy atom. The number of aromatic nitrogens is 2. The fourth-order valence-corrected chi connectivity index (χ4v) is 3.05. The van der Waals surface area contributed by atoms with Crippen molar-refractivity contribution in [2.24, 2.45) is 0 Å². The van der Waals surface area contributed by atoms with Gasteiger partial charge in [0.2, 0.25) is 5.89 Å². The second kappa shape index (κ2) is 6.22. The molecule has 22 heavy (non-hydrogen) atoms. The smallest absolute Gasteiger partial charge is 0.229 e. The minimum Gasteiger partial charge on any atom is -0.468 e. The molecule has 0 amide bonds. The van der Waals surface area contributed by atoms with Crippen LogP contribution in [0.5, 0.6) is 0 Å². The van der Waals surface area contributed by atoms with E-state index in [4.69, 9.17) is 8.94 Å². The predicted molar refractivity (Wildman–Crippen MR) is 80.1 cm³/mol. The molecular weight excluding hydrogens is 280 g/mol. The Bertz CT molecular complexity index is 591. The molecule has 3 heterocycles. The lowest BCUT2D eigenvalue weighted by Gasteiger charge is -2.32. The minimum absolute atomic E-state index is 0.494. The maximum Gasteiger partial charge on any atom is 0.229 e. The van der Waals surface area contributed by atoms with Crippen LogP contribution in [0.15, 0.2) is 27.3 Å². The standard InChI is InChI=1S/C16H22N4O2/c1-3-13(17-9-14-4-2-8-21-14)10-20(7-1)11-15-18-16(22-19-15)12-5-6-12/h2,4,8,12-13,17H,1,3,5-7,9-11H2/t13-/m1/s1. The van der Waals surface area contributed by atoms with Crippen LogP contribution in [-0.2, 0) is 13.1 Å². The van der Waals surface area contributed by atoms with Crippen molar-refractivity contribution in [1.29, 1.82) is 0 Å². The van der Waals surface area contributed by atoms with E-state index in [9.17, 15) is 0 Å². The summed E-state index contributed by atoms with van der Waals surface area (Å²) in [6.45, 7) is 3.70. The summed E-state index contributed by atoms with van der Waals surface area (Å²) >= 11 is 0. The first kappa shape index (κ1) is 14.0. The second-order valence-electron chi connectivity index (χ2n) is 6.36. The number of piperidine rings is 1. The summed E-state index contributed by atoms with van der Waals surface area (Å²) in [6, 6.07) is 4.43. The van der Waals surface area contributed by atoms with Gasteiger partial charge in [-0.3, -0.25) is 4.90 Å². The summed E-state index contributed by atoms with van der Waals surface area (Å²) in [4.78, 5) is 6.93. The molecule has 6 nitrogen and oxygen atoms in total. The Balaban J connectivity index is 1.28. The third kappa shape index (κ3) is 3.39. The van der Waals surface area contributed by atoms with Crippen molar-refractivity contribution in [3.63, 3.8) is 0 Å². The third-order valence-electron chi connectivity index (χ3n) is 4.43. The fourth-order valence-electron chi connectivity index (χ4n) is 3.05. The highest BCUT2D eigenvalue weighted by Crippen LogP contribution is 2.38. The first-order valence-corrected chi connectivity index (χ1v) is 8.17. The minimum atomic E-state index is 0.494. The predicted octanol–water partition coefficient (Wildman–Crippen LogP) is 2.29. The summed E-state index contributed by atoms with van der Waals surface area (Å²) < 4.78 is 10.7. The Morgan fingerprint density at radius 3 is 3.09 bits per heavy atom. The van der Waals surface area contributed by atoms with Gasteiger partial charge in [0, 0.05) is 18.5 Å². The third-order valence-corrected chi connectivity index (χ3v) is 4.43. The molecule has 1 aliphatic heterocycles. The molecule has 0 spiro atoms. The molecule has 0 aromatic carbocycles. The van der Waals surface area contributed by atoms with Gasteiger partial charge in [-0.05, 0) is 44.4 Å². The summed E-state index contributed by atoms with van der Waals surface area (Å²) in [5.41, 5.74) is 0. The largest absolute Gasteiger partial charge is 0.468 e. The van der Waals surface area contributed by atoms with Gasteiger partial charge in [0.25, 0.3) is 0 Å². The van der Waals surface area contributed by atoms with Crippen molar-refractivity contribution in [2.75, 3.05) is 13.1 Å². The van der Waals surface area contributed by atoms with Crippen LogP contribution in [0, 0.1) is 0 Å². The van der Waals surface area contributed by atoms with Crippen LogP contribution in [0.1, 0.15) is 49.1 Å². The van der Waals surface area contributed by atoms with Gasteiger partial charge in [0.15, 0.2) is 5.82 Å². The van der Waals surface area contributed by atoms with Gasteiger partial charge in [-0.1, -0.05) is 5.16 Å². The van der Waals surface area contributed by atoms with Crippen molar-refractivity contribution in [3.8, 4) is 0 Å². The van der Waals surface area contributed by atoms with Crippen molar-refractivity contribution in [2.45, 2.75) is 50.7 Å². The van der Waals surface area contributed by atoms with Gasteiger partial charge >= 0.3 is 0 Å².